The molecule has 0 saturated carbocycles. The highest BCUT2D eigenvalue weighted by atomic mass is 32.2. The number of quaternary nitrogens is 1. The van der Waals surface area contributed by atoms with Crippen molar-refractivity contribution < 1.29 is 9.69 Å². The average molecular weight is 402 g/mol. The zero-order valence-corrected chi connectivity index (χ0v) is 17.8. The Hall–Kier alpha value is -2.37. The Labute approximate surface area is 171 Å². The highest BCUT2D eigenvalue weighted by molar-refractivity contribution is 7.99. The summed E-state index contributed by atoms with van der Waals surface area (Å²) >= 11 is 1.40. The first-order chi connectivity index (χ1) is 13.5. The van der Waals surface area contributed by atoms with Crippen LogP contribution in [0.4, 0.5) is 5.69 Å². The predicted octanol–water partition coefficient (Wildman–Crippen LogP) is 2.28. The molecule has 0 unspecified atom stereocenters. The predicted molar refractivity (Wildman–Crippen MR) is 111 cm³/mol. The normalized spacial score (nSPS) is 12.0. The van der Waals surface area contributed by atoms with E-state index in [2.05, 4.69) is 54.1 Å². The molecule has 1 aromatic heterocycles. The van der Waals surface area contributed by atoms with Gasteiger partial charge in [0.2, 0.25) is 5.91 Å². The number of carbonyl (C=O) groups is 1. The molecular weight excluding hydrogens is 372 g/mol. The minimum absolute atomic E-state index is 0.128. The molecule has 2 rings (SSSR count). The zero-order chi connectivity index (χ0) is 20.5. The number of rotatable bonds is 10. The molecule has 1 aromatic carbocycles. The van der Waals surface area contributed by atoms with E-state index in [0.29, 0.717) is 11.3 Å². The van der Waals surface area contributed by atoms with Crippen molar-refractivity contribution in [2.75, 3.05) is 25.2 Å². The summed E-state index contributed by atoms with van der Waals surface area (Å²) < 4.78 is 2.17. The summed E-state index contributed by atoms with van der Waals surface area (Å²) in [5.41, 5.74) is 1.14. The molecule has 0 saturated heterocycles. The van der Waals surface area contributed by atoms with Gasteiger partial charge in [0, 0.05) is 18.7 Å². The lowest BCUT2D eigenvalue weighted by molar-refractivity contribution is -0.893. The number of anilines is 1. The van der Waals surface area contributed by atoms with E-state index in [0.717, 1.165) is 36.8 Å². The number of aromatic nitrogens is 3. The second-order valence-corrected chi connectivity index (χ2v) is 7.86. The summed E-state index contributed by atoms with van der Waals surface area (Å²) in [4.78, 5) is 13.7. The van der Waals surface area contributed by atoms with E-state index >= 15 is 0 Å². The van der Waals surface area contributed by atoms with E-state index in [4.69, 9.17) is 5.26 Å². The van der Waals surface area contributed by atoms with Crippen molar-refractivity contribution in [2.45, 2.75) is 50.9 Å². The fourth-order valence-electron chi connectivity index (χ4n) is 3.03. The monoisotopic (exact) mass is 401 g/mol. The Balaban J connectivity index is 2.08. The molecule has 1 amide bonds. The molecule has 7 nitrogen and oxygen atoms in total. The van der Waals surface area contributed by atoms with Crippen molar-refractivity contribution in [3.63, 3.8) is 0 Å². The van der Waals surface area contributed by atoms with Crippen LogP contribution in [-0.4, -0.2) is 40.5 Å². The third-order valence-electron chi connectivity index (χ3n) is 4.51. The van der Waals surface area contributed by atoms with Gasteiger partial charge in [-0.3, -0.25) is 4.79 Å². The van der Waals surface area contributed by atoms with Crippen molar-refractivity contribution in [1.29, 1.82) is 5.26 Å². The molecule has 8 heteroatoms. The molecule has 28 heavy (non-hydrogen) atoms. The maximum atomic E-state index is 12.3. The van der Waals surface area contributed by atoms with Crippen LogP contribution >= 0.6 is 11.8 Å². The Morgan fingerprint density at radius 1 is 1.36 bits per heavy atom. The number of nitriles is 1. The van der Waals surface area contributed by atoms with Crippen molar-refractivity contribution in [3.05, 3.63) is 35.7 Å². The van der Waals surface area contributed by atoms with Crippen LogP contribution in [0.1, 0.15) is 50.5 Å². The SMILES string of the molecule is CCCCn1c(SCC(=O)Nc2cccc(C#N)c2)nnc1[C@H](CC)[NH+](C)C. The van der Waals surface area contributed by atoms with Gasteiger partial charge in [-0.1, -0.05) is 38.1 Å². The first-order valence-corrected chi connectivity index (χ1v) is 10.6. The largest absolute Gasteiger partial charge is 0.331 e. The van der Waals surface area contributed by atoms with Gasteiger partial charge in [0.25, 0.3) is 0 Å². The Kier molecular flexibility index (Phi) is 8.48. The van der Waals surface area contributed by atoms with E-state index in [1.807, 2.05) is 0 Å². The molecule has 2 aromatic rings. The molecule has 0 spiro atoms. The highest BCUT2D eigenvalue weighted by Crippen LogP contribution is 2.22. The molecule has 2 N–H and O–H groups in total. The topological polar surface area (TPSA) is 88.0 Å². The maximum Gasteiger partial charge on any atom is 0.234 e. The number of thioether (sulfide) groups is 1. The van der Waals surface area contributed by atoms with Crippen LogP contribution in [0.3, 0.4) is 0 Å². The fraction of sp³-hybridized carbons (Fsp3) is 0.500. The van der Waals surface area contributed by atoms with Gasteiger partial charge in [0.1, 0.15) is 6.04 Å². The highest BCUT2D eigenvalue weighted by Gasteiger charge is 2.24. The molecule has 0 aliphatic heterocycles. The number of hydrogen-bond donors (Lipinski definition) is 2. The zero-order valence-electron chi connectivity index (χ0n) is 17.0. The number of unbranched alkanes of at least 4 members (excludes halogenated alkanes) is 1. The van der Waals surface area contributed by atoms with Crippen LogP contribution in [0.15, 0.2) is 29.4 Å². The number of benzene rings is 1. The number of nitrogens with zero attached hydrogens (tertiary/aromatic N) is 4. The lowest BCUT2D eigenvalue weighted by atomic mass is 10.2. The van der Waals surface area contributed by atoms with Gasteiger partial charge in [-0.2, -0.15) is 5.26 Å². The van der Waals surface area contributed by atoms with Crippen LogP contribution in [0.2, 0.25) is 0 Å². The molecule has 1 atom stereocenters. The van der Waals surface area contributed by atoms with E-state index in [-0.39, 0.29) is 17.7 Å². The van der Waals surface area contributed by atoms with E-state index in [9.17, 15) is 4.79 Å². The van der Waals surface area contributed by atoms with E-state index < -0.39 is 0 Å². The van der Waals surface area contributed by atoms with Crippen LogP contribution < -0.4 is 10.2 Å². The first-order valence-electron chi connectivity index (χ1n) is 9.66. The summed E-state index contributed by atoms with van der Waals surface area (Å²) in [5.74, 6) is 1.10. The molecule has 0 aliphatic rings. The van der Waals surface area contributed by atoms with E-state index in [1.165, 1.54) is 16.7 Å². The second-order valence-electron chi connectivity index (χ2n) is 6.91. The molecule has 0 bridgehead atoms. The molecular formula is C20H29N6OS+. The van der Waals surface area contributed by atoms with Gasteiger partial charge in [-0.15, -0.1) is 10.2 Å². The van der Waals surface area contributed by atoms with Gasteiger partial charge in [0.15, 0.2) is 11.0 Å². The lowest BCUT2D eigenvalue weighted by Crippen LogP contribution is -3.06. The van der Waals surface area contributed by atoms with E-state index in [1.54, 1.807) is 24.3 Å². The standard InChI is InChI=1S/C20H28N6OS/c1-5-7-11-26-19(17(6-2)25(3)4)23-24-20(26)28-14-18(27)22-16-10-8-9-15(12-16)13-21/h8-10,12,17H,5-7,11,14H2,1-4H3,(H,22,27)/p+1/t17-/m0/s1. The van der Waals surface area contributed by atoms with Crippen LogP contribution in [0, 0.1) is 11.3 Å². The van der Waals surface area contributed by atoms with Gasteiger partial charge < -0.3 is 14.8 Å². The van der Waals surface area contributed by atoms with Crippen LogP contribution in [0.25, 0.3) is 0 Å². The quantitative estimate of drug-likeness (QED) is 0.596. The third-order valence-corrected chi connectivity index (χ3v) is 5.47. The first kappa shape index (κ1) is 21.9. The number of hydrogen-bond acceptors (Lipinski definition) is 5. The number of nitrogens with one attached hydrogen (secondary N) is 2. The molecule has 0 radical (unpaired) electrons. The second kappa shape index (κ2) is 10.8. The maximum absolute atomic E-state index is 12.3. The Morgan fingerprint density at radius 2 is 2.14 bits per heavy atom. The van der Waals surface area contributed by atoms with Crippen molar-refractivity contribution in [3.8, 4) is 6.07 Å². The van der Waals surface area contributed by atoms with Crippen molar-refractivity contribution in [1.82, 2.24) is 14.8 Å². The lowest BCUT2D eigenvalue weighted by Gasteiger charge is -2.20. The summed E-state index contributed by atoms with van der Waals surface area (Å²) in [6.45, 7) is 5.18. The van der Waals surface area contributed by atoms with Crippen LogP contribution in [0.5, 0.6) is 0 Å². The van der Waals surface area contributed by atoms with Gasteiger partial charge >= 0.3 is 0 Å². The van der Waals surface area contributed by atoms with Gasteiger partial charge in [0.05, 0.1) is 31.5 Å². The molecule has 0 aliphatic carbocycles. The van der Waals surface area contributed by atoms with Crippen molar-refractivity contribution >= 4 is 23.4 Å². The Morgan fingerprint density at radius 3 is 2.79 bits per heavy atom. The molecule has 0 fully saturated rings. The smallest absolute Gasteiger partial charge is 0.234 e. The summed E-state index contributed by atoms with van der Waals surface area (Å²) in [5, 5.41) is 21.4. The minimum Gasteiger partial charge on any atom is -0.331 e. The summed E-state index contributed by atoms with van der Waals surface area (Å²) in [6.07, 6.45) is 3.11. The van der Waals surface area contributed by atoms with Gasteiger partial charge in [-0.05, 0) is 24.6 Å². The minimum atomic E-state index is -0.128. The molecule has 1 heterocycles. The average Bonchev–Trinajstić information content (AvgIpc) is 3.07. The van der Waals surface area contributed by atoms with Crippen LogP contribution in [-0.2, 0) is 11.3 Å². The summed E-state index contributed by atoms with van der Waals surface area (Å²) in [7, 11) is 4.26. The van der Waals surface area contributed by atoms with Gasteiger partial charge in [-0.25, -0.2) is 0 Å². The fourth-order valence-corrected chi connectivity index (χ4v) is 3.81. The number of carbonyl (C=O) groups excluding carboxylic acids is 1. The number of amides is 1. The summed E-state index contributed by atoms with van der Waals surface area (Å²) in [6, 6.07) is 9.25. The molecule has 150 valence electrons. The van der Waals surface area contributed by atoms with Crippen molar-refractivity contribution in [2.24, 2.45) is 0 Å². The third kappa shape index (κ3) is 5.81. The Bertz CT molecular complexity index is 826.